The van der Waals surface area contributed by atoms with Gasteiger partial charge < -0.3 is 15.6 Å². The lowest BCUT2D eigenvalue weighted by molar-refractivity contribution is -0.137. The maximum atomic E-state index is 12.0. The molecule has 6 heteroatoms. The molecule has 0 aliphatic carbocycles. The van der Waals surface area contributed by atoms with Gasteiger partial charge in [0, 0.05) is 11.8 Å². The van der Waals surface area contributed by atoms with Crippen molar-refractivity contribution in [1.82, 2.24) is 4.57 Å². The summed E-state index contributed by atoms with van der Waals surface area (Å²) in [7, 11) is 0. The number of anilines is 1. The Bertz CT molecular complexity index is 692. The molecule has 1 heterocycles. The van der Waals surface area contributed by atoms with Gasteiger partial charge in [0.05, 0.1) is 0 Å². The highest BCUT2D eigenvalue weighted by Gasteiger charge is 2.13. The van der Waals surface area contributed by atoms with Crippen molar-refractivity contribution in [2.24, 2.45) is 0 Å². The van der Waals surface area contributed by atoms with Crippen LogP contribution in [0, 0.1) is 6.92 Å². The van der Waals surface area contributed by atoms with Crippen LogP contribution in [0.4, 0.5) is 5.69 Å². The second-order valence-corrected chi connectivity index (χ2v) is 4.26. The van der Waals surface area contributed by atoms with Crippen molar-refractivity contribution in [2.45, 2.75) is 13.5 Å². The summed E-state index contributed by atoms with van der Waals surface area (Å²) in [4.78, 5) is 22.8. The summed E-state index contributed by atoms with van der Waals surface area (Å²) in [5, 5.41) is 8.78. The Morgan fingerprint density at radius 3 is 2.60 bits per heavy atom. The van der Waals surface area contributed by atoms with Gasteiger partial charge in [-0.2, -0.15) is 0 Å². The van der Waals surface area contributed by atoms with Crippen LogP contribution in [0.15, 0.2) is 41.2 Å². The summed E-state index contributed by atoms with van der Waals surface area (Å²) in [6.07, 6.45) is 0. The van der Waals surface area contributed by atoms with Crippen molar-refractivity contribution >= 4 is 11.7 Å². The first-order valence-electron chi connectivity index (χ1n) is 5.93. The Hall–Kier alpha value is -2.76. The molecule has 1 aromatic heterocycles. The van der Waals surface area contributed by atoms with Crippen molar-refractivity contribution in [3.05, 3.63) is 52.4 Å². The SMILES string of the molecule is Cc1cc(Oc2ccccc2)c(N)c(=O)n1CC(=O)O. The second kappa shape index (κ2) is 5.48. The lowest BCUT2D eigenvalue weighted by Gasteiger charge is -2.13. The van der Waals surface area contributed by atoms with Crippen LogP contribution >= 0.6 is 0 Å². The Morgan fingerprint density at radius 1 is 1.35 bits per heavy atom. The number of aryl methyl sites for hydroxylation is 1. The maximum absolute atomic E-state index is 12.0. The zero-order chi connectivity index (χ0) is 14.7. The molecule has 2 aromatic rings. The molecule has 0 unspecified atom stereocenters. The number of aliphatic carboxylic acids is 1. The number of benzene rings is 1. The maximum Gasteiger partial charge on any atom is 0.323 e. The van der Waals surface area contributed by atoms with Crippen molar-refractivity contribution in [1.29, 1.82) is 0 Å². The number of nitrogens with zero attached hydrogens (tertiary/aromatic N) is 1. The molecule has 0 bridgehead atoms. The summed E-state index contributed by atoms with van der Waals surface area (Å²) in [6, 6.07) is 10.4. The average molecular weight is 274 g/mol. The lowest BCUT2D eigenvalue weighted by atomic mass is 10.3. The molecule has 0 amide bonds. The van der Waals surface area contributed by atoms with Crippen LogP contribution in [0.1, 0.15) is 5.69 Å². The molecule has 0 aliphatic rings. The minimum Gasteiger partial charge on any atom is -0.480 e. The highest BCUT2D eigenvalue weighted by molar-refractivity contribution is 5.67. The first-order chi connectivity index (χ1) is 9.49. The summed E-state index contributed by atoms with van der Waals surface area (Å²) in [6.45, 7) is 1.20. The van der Waals surface area contributed by atoms with E-state index in [-0.39, 0.29) is 11.4 Å². The number of pyridine rings is 1. The van der Waals surface area contributed by atoms with Crippen molar-refractivity contribution in [2.75, 3.05) is 5.73 Å². The van der Waals surface area contributed by atoms with Crippen molar-refractivity contribution in [3.63, 3.8) is 0 Å². The van der Waals surface area contributed by atoms with Crippen LogP contribution < -0.4 is 16.0 Å². The van der Waals surface area contributed by atoms with Gasteiger partial charge in [0.2, 0.25) is 0 Å². The number of carbonyl (C=O) groups is 1. The zero-order valence-electron chi connectivity index (χ0n) is 10.9. The number of aromatic nitrogens is 1. The first-order valence-corrected chi connectivity index (χ1v) is 5.93. The Labute approximate surface area is 115 Å². The highest BCUT2D eigenvalue weighted by Crippen LogP contribution is 2.25. The van der Waals surface area contributed by atoms with Gasteiger partial charge in [-0.1, -0.05) is 18.2 Å². The van der Waals surface area contributed by atoms with Gasteiger partial charge in [0.15, 0.2) is 5.75 Å². The monoisotopic (exact) mass is 274 g/mol. The Morgan fingerprint density at radius 2 is 2.00 bits per heavy atom. The molecule has 6 nitrogen and oxygen atoms in total. The number of carboxylic acid groups (broad SMARTS) is 1. The smallest absolute Gasteiger partial charge is 0.323 e. The van der Waals surface area contributed by atoms with E-state index in [0.717, 1.165) is 4.57 Å². The molecule has 0 saturated heterocycles. The molecule has 0 saturated carbocycles. The van der Waals surface area contributed by atoms with Crippen LogP contribution in [-0.2, 0) is 11.3 Å². The van der Waals surface area contributed by atoms with E-state index >= 15 is 0 Å². The Kier molecular flexibility index (Phi) is 3.74. The largest absolute Gasteiger partial charge is 0.480 e. The van der Waals surface area contributed by atoms with Crippen LogP contribution in [0.5, 0.6) is 11.5 Å². The summed E-state index contributed by atoms with van der Waals surface area (Å²) < 4.78 is 6.64. The fraction of sp³-hybridized carbons (Fsp3) is 0.143. The lowest BCUT2D eigenvalue weighted by Crippen LogP contribution is -2.28. The molecule has 0 spiro atoms. The third-order valence-corrected chi connectivity index (χ3v) is 2.77. The van der Waals surface area contributed by atoms with E-state index in [0.29, 0.717) is 11.4 Å². The van der Waals surface area contributed by atoms with Crippen LogP contribution in [0.25, 0.3) is 0 Å². The van der Waals surface area contributed by atoms with E-state index in [1.807, 2.05) is 6.07 Å². The fourth-order valence-electron chi connectivity index (χ4n) is 1.79. The molecule has 1 aromatic carbocycles. The molecule has 0 radical (unpaired) electrons. The quantitative estimate of drug-likeness (QED) is 0.883. The minimum absolute atomic E-state index is 0.110. The van der Waals surface area contributed by atoms with E-state index in [2.05, 4.69) is 0 Å². The molecule has 2 rings (SSSR count). The van der Waals surface area contributed by atoms with Gasteiger partial charge in [-0.15, -0.1) is 0 Å². The molecule has 20 heavy (non-hydrogen) atoms. The average Bonchev–Trinajstić information content (AvgIpc) is 2.42. The van der Waals surface area contributed by atoms with Crippen LogP contribution in [0.2, 0.25) is 0 Å². The number of ether oxygens (including phenoxy) is 1. The number of rotatable bonds is 4. The molecular formula is C14H14N2O4. The van der Waals surface area contributed by atoms with E-state index < -0.39 is 18.1 Å². The summed E-state index contributed by atoms with van der Waals surface area (Å²) in [5.74, 6) is -0.333. The highest BCUT2D eigenvalue weighted by atomic mass is 16.5. The van der Waals surface area contributed by atoms with Gasteiger partial charge in [-0.3, -0.25) is 14.2 Å². The van der Waals surface area contributed by atoms with Gasteiger partial charge in [-0.05, 0) is 19.1 Å². The van der Waals surface area contributed by atoms with Gasteiger partial charge in [0.25, 0.3) is 5.56 Å². The third-order valence-electron chi connectivity index (χ3n) is 2.77. The third kappa shape index (κ3) is 2.80. The Balaban J connectivity index is 2.42. The molecular weight excluding hydrogens is 260 g/mol. The van der Waals surface area contributed by atoms with Crippen LogP contribution in [-0.4, -0.2) is 15.6 Å². The molecule has 0 atom stereocenters. The van der Waals surface area contributed by atoms with E-state index in [1.165, 1.54) is 0 Å². The molecule has 104 valence electrons. The molecule has 0 aliphatic heterocycles. The molecule has 3 N–H and O–H groups in total. The second-order valence-electron chi connectivity index (χ2n) is 4.26. The van der Waals surface area contributed by atoms with Crippen LogP contribution in [0.3, 0.4) is 0 Å². The normalized spacial score (nSPS) is 10.2. The van der Waals surface area contributed by atoms with Gasteiger partial charge in [-0.25, -0.2) is 0 Å². The number of hydrogen-bond donors (Lipinski definition) is 2. The predicted octanol–water partition coefficient (Wildman–Crippen LogP) is 1.62. The summed E-state index contributed by atoms with van der Waals surface area (Å²) in [5.41, 5.74) is 5.51. The van der Waals surface area contributed by atoms with E-state index in [1.54, 1.807) is 37.3 Å². The van der Waals surface area contributed by atoms with E-state index in [4.69, 9.17) is 15.6 Å². The number of nitrogen functional groups attached to an aromatic ring is 1. The van der Waals surface area contributed by atoms with Gasteiger partial charge in [0.1, 0.15) is 18.0 Å². The standard InChI is InChI=1S/C14H14N2O4/c1-9-7-11(20-10-5-3-2-4-6-10)13(15)14(19)16(9)8-12(17)18/h2-7H,8,15H2,1H3,(H,17,18). The van der Waals surface area contributed by atoms with Crippen molar-refractivity contribution in [3.8, 4) is 11.5 Å². The fourth-order valence-corrected chi connectivity index (χ4v) is 1.79. The van der Waals surface area contributed by atoms with Gasteiger partial charge >= 0.3 is 5.97 Å². The number of carboxylic acids is 1. The zero-order valence-corrected chi connectivity index (χ0v) is 10.9. The predicted molar refractivity (Wildman–Crippen MR) is 74.0 cm³/mol. The van der Waals surface area contributed by atoms with E-state index in [9.17, 15) is 9.59 Å². The van der Waals surface area contributed by atoms with Crippen molar-refractivity contribution < 1.29 is 14.6 Å². The first kappa shape index (κ1) is 13.7. The topological polar surface area (TPSA) is 94.5 Å². The number of nitrogens with two attached hydrogens (primary N) is 1. The minimum atomic E-state index is -1.11. The number of para-hydroxylation sites is 1. The number of hydrogen-bond acceptors (Lipinski definition) is 4. The molecule has 0 fully saturated rings. The summed E-state index contributed by atoms with van der Waals surface area (Å²) >= 11 is 0.